The molecule has 0 bridgehead atoms. The highest BCUT2D eigenvalue weighted by atomic mass is 32.2. The molecule has 0 aliphatic carbocycles. The van der Waals surface area contributed by atoms with E-state index in [1.165, 1.54) is 6.07 Å². The van der Waals surface area contributed by atoms with Crippen molar-refractivity contribution in [3.8, 4) is 5.75 Å². The zero-order valence-corrected chi connectivity index (χ0v) is 15.6. The zero-order chi connectivity index (χ0) is 19.9. The molecule has 0 saturated heterocycles. The smallest absolute Gasteiger partial charge is 0.343 e. The largest absolute Gasteiger partial charge is 0.422 e. The molecule has 7 nitrogen and oxygen atoms in total. The Labute approximate surface area is 160 Å². The van der Waals surface area contributed by atoms with E-state index >= 15 is 0 Å². The van der Waals surface area contributed by atoms with Gasteiger partial charge >= 0.3 is 5.97 Å². The molecular formula is C20H16N2O5S. The van der Waals surface area contributed by atoms with Crippen molar-refractivity contribution in [1.29, 1.82) is 0 Å². The van der Waals surface area contributed by atoms with Crippen molar-refractivity contribution in [2.24, 2.45) is 0 Å². The van der Waals surface area contributed by atoms with E-state index in [1.54, 1.807) is 49.6 Å². The van der Waals surface area contributed by atoms with Crippen molar-refractivity contribution < 1.29 is 22.5 Å². The molecule has 0 aliphatic heterocycles. The van der Waals surface area contributed by atoms with Crippen LogP contribution in [0.4, 0.5) is 5.69 Å². The Hall–Kier alpha value is -3.36. The number of rotatable bonds is 4. The highest BCUT2D eigenvalue weighted by molar-refractivity contribution is 7.85. The average Bonchev–Trinajstić information content (AvgIpc) is 3.14. The normalized spacial score (nSPS) is 11.6. The molecule has 0 amide bonds. The minimum absolute atomic E-state index is 0.0363. The van der Waals surface area contributed by atoms with E-state index in [-0.39, 0.29) is 10.6 Å². The molecule has 142 valence electrons. The first kappa shape index (κ1) is 18.0. The average molecular weight is 396 g/mol. The second-order valence-electron chi connectivity index (χ2n) is 6.22. The van der Waals surface area contributed by atoms with E-state index in [9.17, 15) is 17.8 Å². The van der Waals surface area contributed by atoms with Crippen molar-refractivity contribution in [2.45, 2.75) is 4.90 Å². The number of aromatic amines is 1. The summed E-state index contributed by atoms with van der Waals surface area (Å²) < 4.78 is 38.3. The summed E-state index contributed by atoms with van der Waals surface area (Å²) in [5.41, 5.74) is 1.86. The standard InChI is InChI=1S/C20H16N2O5S/c1-21-17-4-2-3-13-10-15(28(24,25)26)11-18(19(13)17)27-20(23)14-5-6-16-12(9-14)7-8-22-16/h2-11,21-22H,1H3,(H,24,25,26). The highest BCUT2D eigenvalue weighted by Gasteiger charge is 2.19. The number of anilines is 1. The van der Waals surface area contributed by atoms with E-state index < -0.39 is 16.1 Å². The number of nitrogens with one attached hydrogen (secondary N) is 2. The van der Waals surface area contributed by atoms with E-state index in [1.807, 2.05) is 6.07 Å². The van der Waals surface area contributed by atoms with Gasteiger partial charge in [0, 0.05) is 41.3 Å². The maximum Gasteiger partial charge on any atom is 0.343 e. The van der Waals surface area contributed by atoms with E-state index in [2.05, 4.69) is 10.3 Å². The minimum Gasteiger partial charge on any atom is -0.422 e. The van der Waals surface area contributed by atoms with Crippen LogP contribution in [0.2, 0.25) is 0 Å². The molecule has 0 spiro atoms. The zero-order valence-electron chi connectivity index (χ0n) is 14.8. The Balaban J connectivity index is 1.84. The number of hydrogen-bond donors (Lipinski definition) is 3. The number of carbonyl (C=O) groups is 1. The summed E-state index contributed by atoms with van der Waals surface area (Å²) in [6.07, 6.45) is 1.77. The first-order chi connectivity index (χ1) is 13.4. The Morgan fingerprint density at radius 2 is 1.89 bits per heavy atom. The van der Waals surface area contributed by atoms with Crippen LogP contribution >= 0.6 is 0 Å². The monoisotopic (exact) mass is 396 g/mol. The number of esters is 1. The predicted molar refractivity (Wildman–Crippen MR) is 107 cm³/mol. The molecule has 1 aromatic heterocycles. The Morgan fingerprint density at radius 1 is 1.07 bits per heavy atom. The molecule has 8 heteroatoms. The van der Waals surface area contributed by atoms with Crippen LogP contribution in [0.15, 0.2) is 65.7 Å². The van der Waals surface area contributed by atoms with Crippen LogP contribution in [0.1, 0.15) is 10.4 Å². The topological polar surface area (TPSA) is 108 Å². The van der Waals surface area contributed by atoms with Crippen molar-refractivity contribution in [1.82, 2.24) is 4.98 Å². The highest BCUT2D eigenvalue weighted by Crippen LogP contribution is 2.35. The van der Waals surface area contributed by atoms with Gasteiger partial charge in [0.1, 0.15) is 5.75 Å². The number of aromatic nitrogens is 1. The summed E-state index contributed by atoms with van der Waals surface area (Å²) in [6.45, 7) is 0. The Morgan fingerprint density at radius 3 is 2.64 bits per heavy atom. The molecule has 0 saturated carbocycles. The summed E-state index contributed by atoms with van der Waals surface area (Å²) in [4.78, 5) is 15.4. The van der Waals surface area contributed by atoms with Gasteiger partial charge in [0.25, 0.3) is 10.1 Å². The third kappa shape index (κ3) is 3.19. The van der Waals surface area contributed by atoms with Crippen LogP contribution in [-0.2, 0) is 10.1 Å². The van der Waals surface area contributed by atoms with Crippen LogP contribution in [0.5, 0.6) is 5.75 Å². The third-order valence-electron chi connectivity index (χ3n) is 4.47. The van der Waals surface area contributed by atoms with Crippen molar-refractivity contribution in [3.05, 3.63) is 66.4 Å². The van der Waals surface area contributed by atoms with E-state index in [0.29, 0.717) is 22.0 Å². The molecule has 1 heterocycles. The van der Waals surface area contributed by atoms with Gasteiger partial charge in [-0.3, -0.25) is 4.55 Å². The van der Waals surface area contributed by atoms with Crippen molar-refractivity contribution >= 4 is 43.5 Å². The van der Waals surface area contributed by atoms with Crippen molar-refractivity contribution in [3.63, 3.8) is 0 Å². The van der Waals surface area contributed by atoms with E-state index in [0.717, 1.165) is 17.0 Å². The molecule has 28 heavy (non-hydrogen) atoms. The summed E-state index contributed by atoms with van der Waals surface area (Å²) in [5, 5.41) is 4.88. The van der Waals surface area contributed by atoms with Gasteiger partial charge in [0.05, 0.1) is 10.5 Å². The summed E-state index contributed by atoms with van der Waals surface area (Å²) in [5.74, 6) is -0.600. The van der Waals surface area contributed by atoms with Crippen LogP contribution < -0.4 is 10.1 Å². The minimum atomic E-state index is -4.47. The Bertz CT molecular complexity index is 1330. The lowest BCUT2D eigenvalue weighted by Crippen LogP contribution is -2.10. The fraction of sp³-hybridized carbons (Fsp3) is 0.0500. The van der Waals surface area contributed by atoms with Gasteiger partial charge in [-0.25, -0.2) is 4.79 Å². The van der Waals surface area contributed by atoms with Gasteiger partial charge < -0.3 is 15.0 Å². The predicted octanol–water partition coefficient (Wildman–Crippen LogP) is 3.83. The fourth-order valence-corrected chi connectivity index (χ4v) is 3.67. The van der Waals surface area contributed by atoms with E-state index in [4.69, 9.17) is 4.74 Å². The molecule has 0 atom stereocenters. The van der Waals surface area contributed by atoms with Crippen LogP contribution in [0.3, 0.4) is 0 Å². The number of benzene rings is 3. The summed E-state index contributed by atoms with van der Waals surface area (Å²) >= 11 is 0. The van der Waals surface area contributed by atoms with Gasteiger partial charge in [0.2, 0.25) is 0 Å². The first-order valence-electron chi connectivity index (χ1n) is 8.38. The van der Waals surface area contributed by atoms with Gasteiger partial charge in [-0.05, 0) is 41.8 Å². The lowest BCUT2D eigenvalue weighted by molar-refractivity contribution is 0.0737. The van der Waals surface area contributed by atoms with Crippen LogP contribution in [0, 0.1) is 0 Å². The molecule has 3 aromatic carbocycles. The number of carbonyl (C=O) groups excluding carboxylic acids is 1. The molecule has 0 radical (unpaired) electrons. The van der Waals surface area contributed by atoms with Gasteiger partial charge in [-0.15, -0.1) is 0 Å². The molecule has 0 fully saturated rings. The lowest BCUT2D eigenvalue weighted by Gasteiger charge is -2.13. The maximum absolute atomic E-state index is 12.7. The first-order valence-corrected chi connectivity index (χ1v) is 9.82. The maximum atomic E-state index is 12.7. The third-order valence-corrected chi connectivity index (χ3v) is 5.30. The quantitative estimate of drug-likeness (QED) is 0.275. The summed E-state index contributed by atoms with van der Waals surface area (Å²) in [7, 11) is -2.77. The van der Waals surface area contributed by atoms with Gasteiger partial charge in [-0.1, -0.05) is 12.1 Å². The number of fused-ring (bicyclic) bond motifs is 2. The molecule has 0 unspecified atom stereocenters. The lowest BCUT2D eigenvalue weighted by atomic mass is 10.1. The van der Waals surface area contributed by atoms with Crippen molar-refractivity contribution in [2.75, 3.05) is 12.4 Å². The molecule has 3 N–H and O–H groups in total. The summed E-state index contributed by atoms with van der Waals surface area (Å²) in [6, 6.07) is 14.5. The molecule has 4 aromatic rings. The fourth-order valence-electron chi connectivity index (χ4n) is 3.14. The SMILES string of the molecule is CNc1cccc2cc(S(=O)(=O)O)cc(OC(=O)c3ccc4[nH]ccc4c3)c12. The molecule has 4 rings (SSSR count). The second kappa shape index (κ2) is 6.66. The number of ether oxygens (including phenoxy) is 1. The molecular weight excluding hydrogens is 380 g/mol. The number of H-pyrrole nitrogens is 1. The van der Waals surface area contributed by atoms with Gasteiger partial charge in [-0.2, -0.15) is 8.42 Å². The number of hydrogen-bond acceptors (Lipinski definition) is 5. The Kier molecular flexibility index (Phi) is 4.29. The van der Waals surface area contributed by atoms with Crippen LogP contribution in [0.25, 0.3) is 21.7 Å². The second-order valence-corrected chi connectivity index (χ2v) is 7.64. The van der Waals surface area contributed by atoms with Gasteiger partial charge in [0.15, 0.2) is 0 Å². The molecule has 0 aliphatic rings. The van der Waals surface area contributed by atoms with Crippen LogP contribution in [-0.4, -0.2) is 31.0 Å².